The Labute approximate surface area is 138 Å². The topological polar surface area (TPSA) is 94.3 Å². The molecule has 4 heterocycles. The lowest BCUT2D eigenvalue weighted by Crippen LogP contribution is -2.36. The summed E-state index contributed by atoms with van der Waals surface area (Å²) < 4.78 is 3.88. The Balaban J connectivity index is 1.49. The first-order valence-electron chi connectivity index (χ1n) is 8.05. The zero-order chi connectivity index (χ0) is 16.5. The summed E-state index contributed by atoms with van der Waals surface area (Å²) in [5.74, 6) is -0.513. The van der Waals surface area contributed by atoms with Gasteiger partial charge in [0.2, 0.25) is 5.82 Å². The van der Waals surface area contributed by atoms with Gasteiger partial charge in [0, 0.05) is 19.3 Å². The molecule has 1 aliphatic heterocycles. The second-order valence-corrected chi connectivity index (χ2v) is 6.12. The predicted octanol–water partition coefficient (Wildman–Crippen LogP) is 0.862. The number of nitrogens with two attached hydrogens (primary N) is 1. The molecule has 1 aliphatic rings. The molecule has 2 N–H and O–H groups in total. The van der Waals surface area contributed by atoms with Gasteiger partial charge in [-0.05, 0) is 31.5 Å². The van der Waals surface area contributed by atoms with E-state index in [4.69, 9.17) is 5.73 Å². The molecule has 1 atom stereocenters. The van der Waals surface area contributed by atoms with Gasteiger partial charge < -0.3 is 10.1 Å². The van der Waals surface area contributed by atoms with Gasteiger partial charge in [0.25, 0.3) is 5.91 Å². The van der Waals surface area contributed by atoms with Crippen molar-refractivity contribution >= 4 is 11.6 Å². The number of aromatic nitrogens is 5. The third-order valence-corrected chi connectivity index (χ3v) is 4.46. The predicted molar refractivity (Wildman–Crippen MR) is 87.3 cm³/mol. The van der Waals surface area contributed by atoms with Crippen LogP contribution in [-0.2, 0) is 6.54 Å². The molecule has 1 amide bonds. The minimum Gasteiger partial charge on any atom is -0.363 e. The van der Waals surface area contributed by atoms with Gasteiger partial charge in [0.05, 0.1) is 17.9 Å². The Morgan fingerprint density at radius 3 is 3.08 bits per heavy atom. The third kappa shape index (κ3) is 2.76. The van der Waals surface area contributed by atoms with E-state index in [1.54, 1.807) is 11.0 Å². The summed E-state index contributed by atoms with van der Waals surface area (Å²) >= 11 is 0. The van der Waals surface area contributed by atoms with Crippen LogP contribution in [-0.4, -0.2) is 48.0 Å². The van der Waals surface area contributed by atoms with Crippen molar-refractivity contribution in [3.8, 4) is 0 Å². The number of likely N-dealkylation sites (tertiary alicyclic amines) is 1. The summed E-state index contributed by atoms with van der Waals surface area (Å²) in [6.07, 6.45) is 7.66. The molecular weight excluding hydrogens is 306 g/mol. The SMILES string of the molecule is NC(=O)c1ncn(C2CCCN(Cc3cnc4ccccn34)C2)n1. The van der Waals surface area contributed by atoms with Crippen LogP contribution in [0.25, 0.3) is 5.65 Å². The highest BCUT2D eigenvalue weighted by Crippen LogP contribution is 2.22. The highest BCUT2D eigenvalue weighted by Gasteiger charge is 2.23. The number of piperidine rings is 1. The number of fused-ring (bicyclic) bond motifs is 1. The molecule has 1 unspecified atom stereocenters. The maximum atomic E-state index is 11.2. The highest BCUT2D eigenvalue weighted by atomic mass is 16.1. The van der Waals surface area contributed by atoms with Crippen molar-refractivity contribution < 1.29 is 4.79 Å². The molecule has 3 aromatic rings. The van der Waals surface area contributed by atoms with Crippen LogP contribution in [0.4, 0.5) is 0 Å². The van der Waals surface area contributed by atoms with E-state index in [0.29, 0.717) is 0 Å². The number of hydrogen-bond donors (Lipinski definition) is 1. The zero-order valence-corrected chi connectivity index (χ0v) is 13.2. The van der Waals surface area contributed by atoms with E-state index in [1.807, 2.05) is 30.6 Å². The van der Waals surface area contributed by atoms with Crippen molar-refractivity contribution in [3.63, 3.8) is 0 Å². The molecule has 0 aromatic carbocycles. The molecular formula is C16H19N7O. The number of primary amides is 1. The normalized spacial score (nSPS) is 18.9. The molecule has 0 radical (unpaired) electrons. The third-order valence-electron chi connectivity index (χ3n) is 4.46. The van der Waals surface area contributed by atoms with E-state index in [-0.39, 0.29) is 11.9 Å². The van der Waals surface area contributed by atoms with Crippen LogP contribution in [0.15, 0.2) is 36.9 Å². The summed E-state index contributed by atoms with van der Waals surface area (Å²) in [6, 6.07) is 6.21. The lowest BCUT2D eigenvalue weighted by atomic mass is 10.1. The smallest absolute Gasteiger partial charge is 0.288 e. The fourth-order valence-electron chi connectivity index (χ4n) is 3.29. The standard InChI is InChI=1S/C16H19N7O/c17-15(24)16-19-11-23(20-16)12-4-3-6-21(9-12)10-13-8-18-14-5-1-2-7-22(13)14/h1-2,5,7-8,11-12H,3-4,6,9-10H2,(H2,17,24). The number of hydrogen-bond acceptors (Lipinski definition) is 5. The number of amides is 1. The minimum absolute atomic E-state index is 0.0777. The van der Waals surface area contributed by atoms with Gasteiger partial charge in [0.1, 0.15) is 12.0 Å². The molecule has 1 saturated heterocycles. The van der Waals surface area contributed by atoms with E-state index in [0.717, 1.165) is 38.1 Å². The van der Waals surface area contributed by atoms with Gasteiger partial charge >= 0.3 is 0 Å². The van der Waals surface area contributed by atoms with Crippen LogP contribution in [0.2, 0.25) is 0 Å². The number of nitrogens with zero attached hydrogens (tertiary/aromatic N) is 6. The van der Waals surface area contributed by atoms with Crippen molar-refractivity contribution in [3.05, 3.63) is 48.4 Å². The lowest BCUT2D eigenvalue weighted by molar-refractivity contribution is 0.0989. The molecule has 4 rings (SSSR count). The average Bonchev–Trinajstić information content (AvgIpc) is 3.23. The molecule has 0 aliphatic carbocycles. The van der Waals surface area contributed by atoms with Gasteiger partial charge in [-0.3, -0.25) is 9.69 Å². The molecule has 0 bridgehead atoms. The number of pyridine rings is 1. The molecule has 8 heteroatoms. The summed E-state index contributed by atoms with van der Waals surface area (Å²) in [5, 5.41) is 4.20. The van der Waals surface area contributed by atoms with Crippen LogP contribution in [0, 0.1) is 0 Å². The zero-order valence-electron chi connectivity index (χ0n) is 13.2. The Bertz CT molecular complexity index is 868. The molecule has 8 nitrogen and oxygen atoms in total. The summed E-state index contributed by atoms with van der Waals surface area (Å²) in [4.78, 5) is 22.0. The largest absolute Gasteiger partial charge is 0.363 e. The fourth-order valence-corrected chi connectivity index (χ4v) is 3.29. The Morgan fingerprint density at radius 1 is 1.33 bits per heavy atom. The Hall–Kier alpha value is -2.74. The van der Waals surface area contributed by atoms with Crippen LogP contribution in [0.3, 0.4) is 0 Å². The van der Waals surface area contributed by atoms with E-state index < -0.39 is 5.91 Å². The van der Waals surface area contributed by atoms with E-state index in [9.17, 15) is 4.79 Å². The maximum Gasteiger partial charge on any atom is 0.288 e. The molecule has 1 fully saturated rings. The van der Waals surface area contributed by atoms with Crippen molar-refractivity contribution in [2.24, 2.45) is 5.73 Å². The Morgan fingerprint density at radius 2 is 2.25 bits per heavy atom. The minimum atomic E-state index is -0.591. The molecule has 3 aromatic heterocycles. The molecule has 24 heavy (non-hydrogen) atoms. The van der Waals surface area contributed by atoms with Crippen LogP contribution in [0.5, 0.6) is 0 Å². The van der Waals surface area contributed by atoms with Gasteiger partial charge in [-0.15, -0.1) is 5.10 Å². The van der Waals surface area contributed by atoms with Crippen LogP contribution < -0.4 is 5.73 Å². The second kappa shape index (κ2) is 6.04. The van der Waals surface area contributed by atoms with Crippen molar-refractivity contribution in [1.29, 1.82) is 0 Å². The quantitative estimate of drug-likeness (QED) is 0.768. The summed E-state index contributed by atoms with van der Waals surface area (Å²) in [7, 11) is 0. The highest BCUT2D eigenvalue weighted by molar-refractivity contribution is 5.88. The van der Waals surface area contributed by atoms with Crippen molar-refractivity contribution in [1.82, 2.24) is 29.0 Å². The first kappa shape index (κ1) is 14.8. The van der Waals surface area contributed by atoms with Gasteiger partial charge in [0.15, 0.2) is 0 Å². The number of carbonyl (C=O) groups is 1. The number of carbonyl (C=O) groups excluding carboxylic acids is 1. The van der Waals surface area contributed by atoms with Crippen molar-refractivity contribution in [2.75, 3.05) is 13.1 Å². The first-order valence-corrected chi connectivity index (χ1v) is 8.05. The monoisotopic (exact) mass is 325 g/mol. The lowest BCUT2D eigenvalue weighted by Gasteiger charge is -2.32. The van der Waals surface area contributed by atoms with E-state index >= 15 is 0 Å². The van der Waals surface area contributed by atoms with Crippen LogP contribution in [0.1, 0.15) is 35.2 Å². The number of imidazole rings is 1. The molecule has 124 valence electrons. The fraction of sp³-hybridized carbons (Fsp3) is 0.375. The van der Waals surface area contributed by atoms with Crippen LogP contribution >= 0.6 is 0 Å². The van der Waals surface area contributed by atoms with Gasteiger partial charge in [-0.2, -0.15) is 0 Å². The summed E-state index contributed by atoms with van der Waals surface area (Å²) in [6.45, 7) is 2.73. The second-order valence-electron chi connectivity index (χ2n) is 6.12. The van der Waals surface area contributed by atoms with Crippen molar-refractivity contribution in [2.45, 2.75) is 25.4 Å². The Kier molecular flexibility index (Phi) is 3.73. The van der Waals surface area contributed by atoms with E-state index in [2.05, 4.69) is 24.4 Å². The average molecular weight is 325 g/mol. The van der Waals surface area contributed by atoms with E-state index in [1.165, 1.54) is 5.69 Å². The first-order chi connectivity index (χ1) is 11.7. The van der Waals surface area contributed by atoms with Gasteiger partial charge in [-0.25, -0.2) is 14.6 Å². The molecule has 0 spiro atoms. The number of rotatable bonds is 4. The maximum absolute atomic E-state index is 11.2. The summed E-state index contributed by atoms with van der Waals surface area (Å²) in [5.41, 5.74) is 7.36. The van der Waals surface area contributed by atoms with Gasteiger partial charge in [-0.1, -0.05) is 6.07 Å². The molecule has 0 saturated carbocycles.